The number of esters is 1. The van der Waals surface area contributed by atoms with Crippen LogP contribution in [0, 0.1) is 5.92 Å². The van der Waals surface area contributed by atoms with Crippen molar-refractivity contribution in [2.75, 3.05) is 0 Å². The maximum absolute atomic E-state index is 11.3. The lowest BCUT2D eigenvalue weighted by Crippen LogP contribution is -2.26. The Morgan fingerprint density at radius 2 is 2.00 bits per heavy atom. The molecule has 0 unspecified atom stereocenters. The van der Waals surface area contributed by atoms with Gasteiger partial charge < -0.3 is 4.74 Å². The highest BCUT2D eigenvalue weighted by Gasteiger charge is 2.19. The summed E-state index contributed by atoms with van der Waals surface area (Å²) in [6, 6.07) is 0. The summed E-state index contributed by atoms with van der Waals surface area (Å²) in [5, 5.41) is 0. The fourth-order valence-corrected chi connectivity index (χ4v) is 1.21. The third-order valence-electron chi connectivity index (χ3n) is 1.14. The molecule has 1 atom stereocenters. The van der Waals surface area contributed by atoms with E-state index in [4.69, 9.17) is 4.74 Å². The highest BCUT2D eigenvalue weighted by Crippen LogP contribution is 2.12. The molecule has 0 aliphatic rings. The molecule has 12 heavy (non-hydrogen) atoms. The van der Waals surface area contributed by atoms with Crippen LogP contribution in [0.1, 0.15) is 27.7 Å². The maximum atomic E-state index is 11.3. The number of carbonyl (C=O) groups is 1. The molecular weight excluding hydrogens is 267 g/mol. The average molecular weight is 282 g/mol. The zero-order valence-corrected chi connectivity index (χ0v) is 10.1. The van der Waals surface area contributed by atoms with E-state index in [0.29, 0.717) is 0 Å². The van der Waals surface area contributed by atoms with E-state index in [1.54, 1.807) is 0 Å². The van der Waals surface area contributed by atoms with Gasteiger partial charge in [-0.25, -0.2) is 0 Å². The van der Waals surface area contributed by atoms with Gasteiger partial charge in [0.1, 0.15) is 5.60 Å². The lowest BCUT2D eigenvalue weighted by Gasteiger charge is -2.20. The van der Waals surface area contributed by atoms with E-state index in [0.717, 1.165) is 0 Å². The highest BCUT2D eigenvalue weighted by atomic mass is 127. The summed E-state index contributed by atoms with van der Waals surface area (Å²) in [5.41, 5.74) is -0.384. The topological polar surface area (TPSA) is 26.3 Å². The molecule has 3 heteroatoms. The summed E-state index contributed by atoms with van der Waals surface area (Å²) < 4.78 is 6.98. The molecule has 0 spiro atoms. The Labute approximate surface area is 87.5 Å². The van der Waals surface area contributed by atoms with Gasteiger partial charge in [0, 0.05) is 0 Å². The van der Waals surface area contributed by atoms with E-state index in [9.17, 15) is 4.79 Å². The third kappa shape index (κ3) is 5.57. The second kappa shape index (κ2) is 4.84. The van der Waals surface area contributed by atoms with E-state index in [1.807, 2.05) is 37.9 Å². The summed E-state index contributed by atoms with van der Waals surface area (Å²) >= 11 is 2.08. The summed E-state index contributed by atoms with van der Waals surface area (Å²) in [6.45, 7) is 7.42. The molecular formula is C9H15IO2. The predicted octanol–water partition coefficient (Wildman–Crippen LogP) is 2.91. The van der Waals surface area contributed by atoms with Crippen LogP contribution in [0.2, 0.25) is 0 Å². The molecule has 0 heterocycles. The number of hydrogen-bond donors (Lipinski definition) is 0. The van der Waals surface area contributed by atoms with E-state index >= 15 is 0 Å². The molecule has 0 aromatic heterocycles. The third-order valence-corrected chi connectivity index (χ3v) is 1.56. The van der Waals surface area contributed by atoms with Gasteiger partial charge in [-0.3, -0.25) is 4.79 Å². The van der Waals surface area contributed by atoms with Gasteiger partial charge in [0.2, 0.25) is 0 Å². The van der Waals surface area contributed by atoms with Crippen LogP contribution in [0.25, 0.3) is 0 Å². The van der Waals surface area contributed by atoms with Crippen LogP contribution in [0.3, 0.4) is 0 Å². The highest BCUT2D eigenvalue weighted by molar-refractivity contribution is 14.1. The normalized spacial score (nSPS) is 14.8. The molecule has 0 aliphatic heterocycles. The molecule has 0 aromatic carbocycles. The van der Waals surface area contributed by atoms with Crippen LogP contribution >= 0.6 is 22.6 Å². The smallest absolute Gasteiger partial charge is 0.313 e. The van der Waals surface area contributed by atoms with Crippen LogP contribution in [-0.4, -0.2) is 11.6 Å². The molecule has 0 bridgehead atoms. The van der Waals surface area contributed by atoms with Gasteiger partial charge in [0.25, 0.3) is 0 Å². The molecule has 0 rings (SSSR count). The minimum Gasteiger partial charge on any atom is -0.460 e. The van der Waals surface area contributed by atoms with Gasteiger partial charge in [0.15, 0.2) is 0 Å². The lowest BCUT2D eigenvalue weighted by molar-refractivity contribution is -0.157. The van der Waals surface area contributed by atoms with Crippen molar-refractivity contribution in [3.8, 4) is 0 Å². The van der Waals surface area contributed by atoms with Gasteiger partial charge in [-0.1, -0.05) is 28.7 Å². The Kier molecular flexibility index (Phi) is 4.82. The number of ether oxygens (including phenoxy) is 1. The molecule has 0 aromatic rings. The van der Waals surface area contributed by atoms with Crippen LogP contribution < -0.4 is 0 Å². The van der Waals surface area contributed by atoms with Gasteiger partial charge >= 0.3 is 5.97 Å². The summed E-state index contributed by atoms with van der Waals surface area (Å²) in [5.74, 6) is -0.323. The van der Waals surface area contributed by atoms with Gasteiger partial charge in [0.05, 0.1) is 5.92 Å². The monoisotopic (exact) mass is 282 g/mol. The second-order valence-electron chi connectivity index (χ2n) is 3.64. The number of halogens is 1. The molecule has 0 saturated carbocycles. The predicted molar refractivity (Wildman–Crippen MR) is 58.2 cm³/mol. The molecule has 70 valence electrons. The largest absolute Gasteiger partial charge is 0.460 e. The molecule has 0 radical (unpaired) electrons. The molecule has 2 nitrogen and oxygen atoms in total. The summed E-state index contributed by atoms with van der Waals surface area (Å²) in [7, 11) is 0. The van der Waals surface area contributed by atoms with Crippen molar-refractivity contribution in [2.45, 2.75) is 33.3 Å². The van der Waals surface area contributed by atoms with Crippen molar-refractivity contribution in [2.24, 2.45) is 5.92 Å². The minimum atomic E-state index is -0.384. The van der Waals surface area contributed by atoms with E-state index in [-0.39, 0.29) is 17.5 Å². The molecule has 0 amide bonds. The van der Waals surface area contributed by atoms with E-state index in [1.165, 1.54) is 0 Å². The SMILES string of the molecule is C[C@H](/C=C/I)C(=O)OC(C)(C)C. The first-order valence-corrected chi connectivity index (χ1v) is 5.11. The van der Waals surface area contributed by atoms with Crippen molar-refractivity contribution >= 4 is 28.6 Å². The first-order valence-electron chi connectivity index (χ1n) is 3.86. The van der Waals surface area contributed by atoms with Gasteiger partial charge in [-0.2, -0.15) is 0 Å². The summed E-state index contributed by atoms with van der Waals surface area (Å²) in [6.07, 6.45) is 1.81. The molecule has 0 saturated heterocycles. The fourth-order valence-electron chi connectivity index (χ4n) is 0.582. The van der Waals surface area contributed by atoms with E-state index in [2.05, 4.69) is 22.6 Å². The zero-order valence-electron chi connectivity index (χ0n) is 7.93. The van der Waals surface area contributed by atoms with E-state index < -0.39 is 0 Å². The number of rotatable bonds is 2. The van der Waals surface area contributed by atoms with Crippen molar-refractivity contribution < 1.29 is 9.53 Å². The maximum Gasteiger partial charge on any atom is 0.313 e. The summed E-state index contributed by atoms with van der Waals surface area (Å²) in [4.78, 5) is 11.3. The van der Waals surface area contributed by atoms with Crippen LogP contribution in [0.15, 0.2) is 10.2 Å². The van der Waals surface area contributed by atoms with Gasteiger partial charge in [-0.05, 0) is 31.8 Å². The average Bonchev–Trinajstić information content (AvgIpc) is 1.84. The lowest BCUT2D eigenvalue weighted by atomic mass is 10.1. The standard InChI is InChI=1S/C9H15IO2/c1-7(5-6-10)8(11)12-9(2,3)4/h5-7H,1-4H3/b6-5+/t7-/m1/s1. The minimum absolute atomic E-state index is 0.152. The quantitative estimate of drug-likeness (QED) is 0.575. The Morgan fingerprint density at radius 1 is 1.50 bits per heavy atom. The second-order valence-corrected chi connectivity index (χ2v) is 4.36. The molecule has 0 aliphatic carbocycles. The Bertz CT molecular complexity index is 179. The Morgan fingerprint density at radius 3 is 2.33 bits per heavy atom. The molecule has 0 N–H and O–H groups in total. The Hall–Kier alpha value is -0.0600. The van der Waals surface area contributed by atoms with Crippen molar-refractivity contribution in [3.63, 3.8) is 0 Å². The Balaban J connectivity index is 4.05. The van der Waals surface area contributed by atoms with Crippen LogP contribution in [-0.2, 0) is 9.53 Å². The first-order chi connectivity index (χ1) is 5.37. The van der Waals surface area contributed by atoms with Crippen molar-refractivity contribution in [3.05, 3.63) is 10.2 Å². The zero-order chi connectivity index (χ0) is 9.78. The van der Waals surface area contributed by atoms with Crippen LogP contribution in [0.5, 0.6) is 0 Å². The fraction of sp³-hybridized carbons (Fsp3) is 0.667. The van der Waals surface area contributed by atoms with Crippen molar-refractivity contribution in [1.29, 1.82) is 0 Å². The first kappa shape index (κ1) is 11.9. The van der Waals surface area contributed by atoms with Gasteiger partial charge in [-0.15, -0.1) is 0 Å². The number of carbonyl (C=O) groups excluding carboxylic acids is 1. The molecule has 0 fully saturated rings. The number of hydrogen-bond acceptors (Lipinski definition) is 2. The van der Waals surface area contributed by atoms with Crippen LogP contribution in [0.4, 0.5) is 0 Å². The van der Waals surface area contributed by atoms with Crippen molar-refractivity contribution in [1.82, 2.24) is 0 Å².